The number of unbranched alkanes of at least 4 members (excludes halogenated alkanes) is 1. The van der Waals surface area contributed by atoms with E-state index in [-0.39, 0.29) is 7.43 Å². The molecule has 0 atom stereocenters. The van der Waals surface area contributed by atoms with Crippen LogP contribution < -0.4 is 11.2 Å². The van der Waals surface area contributed by atoms with Gasteiger partial charge in [0.05, 0.1) is 6.61 Å². The Kier molecular flexibility index (Phi) is 14.6. The van der Waals surface area contributed by atoms with E-state index >= 15 is 0 Å². The summed E-state index contributed by atoms with van der Waals surface area (Å²) in [5.41, 5.74) is 0. The Morgan fingerprint density at radius 3 is 2.60 bits per heavy atom. The smallest absolute Gasteiger partial charge is 0.0803 e. The highest BCUT2D eigenvalue weighted by Gasteiger charge is 1.83. The van der Waals surface area contributed by atoms with E-state index in [1.165, 1.54) is 12.8 Å². The molecule has 0 rings (SSSR count). The molecule has 0 bridgehead atoms. The van der Waals surface area contributed by atoms with E-state index in [4.69, 9.17) is 5.90 Å². The van der Waals surface area contributed by atoms with Gasteiger partial charge in [-0.15, -0.1) is 0 Å². The standard InChI is InChI=1S/C6H16N2O.CH4/c1-2-3-4-8-5-6-9-7;/h8H,2-7H2,1H3;1H4. The molecule has 64 valence electrons. The van der Waals surface area contributed by atoms with Gasteiger partial charge >= 0.3 is 0 Å². The molecule has 0 aliphatic rings. The van der Waals surface area contributed by atoms with Crippen molar-refractivity contribution in [2.24, 2.45) is 5.90 Å². The van der Waals surface area contributed by atoms with Gasteiger partial charge in [-0.2, -0.15) is 0 Å². The Hall–Kier alpha value is -0.120. The first-order valence-electron chi connectivity index (χ1n) is 3.44. The molecule has 3 N–H and O–H groups in total. The van der Waals surface area contributed by atoms with Gasteiger partial charge in [0, 0.05) is 6.54 Å². The zero-order chi connectivity index (χ0) is 6.95. The van der Waals surface area contributed by atoms with Crippen LogP contribution in [-0.4, -0.2) is 19.7 Å². The highest BCUT2D eigenvalue weighted by molar-refractivity contribution is 4.43. The number of nitrogens with two attached hydrogens (primary N) is 1. The van der Waals surface area contributed by atoms with Crippen molar-refractivity contribution >= 4 is 0 Å². The lowest BCUT2D eigenvalue weighted by atomic mass is 10.3. The Morgan fingerprint density at radius 1 is 1.40 bits per heavy atom. The van der Waals surface area contributed by atoms with E-state index in [9.17, 15) is 0 Å². The van der Waals surface area contributed by atoms with Crippen molar-refractivity contribution in [3.63, 3.8) is 0 Å². The van der Waals surface area contributed by atoms with Gasteiger partial charge in [0.1, 0.15) is 0 Å². The van der Waals surface area contributed by atoms with Gasteiger partial charge < -0.3 is 10.2 Å². The molecule has 0 unspecified atom stereocenters. The fraction of sp³-hybridized carbons (Fsp3) is 1.00. The minimum atomic E-state index is 0. The van der Waals surface area contributed by atoms with E-state index in [2.05, 4.69) is 17.1 Å². The molecule has 0 radical (unpaired) electrons. The second-order valence-corrected chi connectivity index (χ2v) is 1.97. The summed E-state index contributed by atoms with van der Waals surface area (Å²) in [5, 5.41) is 3.18. The highest BCUT2D eigenvalue weighted by Crippen LogP contribution is 1.80. The molecule has 0 spiro atoms. The summed E-state index contributed by atoms with van der Waals surface area (Å²) in [5.74, 6) is 4.80. The number of nitrogens with one attached hydrogen (secondary N) is 1. The van der Waals surface area contributed by atoms with Crippen LogP contribution in [0.2, 0.25) is 0 Å². The van der Waals surface area contributed by atoms with Crippen LogP contribution in [0.25, 0.3) is 0 Å². The molecule has 3 nitrogen and oxygen atoms in total. The number of rotatable bonds is 6. The molecule has 0 aromatic heterocycles. The highest BCUT2D eigenvalue weighted by atomic mass is 16.6. The predicted octanol–water partition coefficient (Wildman–Crippen LogP) is 0.903. The summed E-state index contributed by atoms with van der Waals surface area (Å²) >= 11 is 0. The Labute approximate surface area is 63.9 Å². The minimum Gasteiger partial charge on any atom is -0.314 e. The van der Waals surface area contributed by atoms with Crippen molar-refractivity contribution < 1.29 is 4.84 Å². The van der Waals surface area contributed by atoms with Crippen LogP contribution >= 0.6 is 0 Å². The topological polar surface area (TPSA) is 47.3 Å². The van der Waals surface area contributed by atoms with Gasteiger partial charge in [-0.1, -0.05) is 20.8 Å². The molecule has 10 heavy (non-hydrogen) atoms. The van der Waals surface area contributed by atoms with Gasteiger partial charge in [-0.25, -0.2) is 5.90 Å². The van der Waals surface area contributed by atoms with Crippen molar-refractivity contribution in [1.29, 1.82) is 0 Å². The number of hydrogen-bond donors (Lipinski definition) is 2. The zero-order valence-electron chi connectivity index (χ0n) is 6.02. The summed E-state index contributed by atoms with van der Waals surface area (Å²) in [6, 6.07) is 0. The van der Waals surface area contributed by atoms with Crippen LogP contribution in [0.3, 0.4) is 0 Å². The van der Waals surface area contributed by atoms with Crippen LogP contribution in [0.15, 0.2) is 0 Å². The zero-order valence-corrected chi connectivity index (χ0v) is 6.02. The van der Waals surface area contributed by atoms with Gasteiger partial charge in [0.15, 0.2) is 0 Å². The molecule has 0 aliphatic carbocycles. The second kappa shape index (κ2) is 11.6. The summed E-state index contributed by atoms with van der Waals surface area (Å²) in [6.07, 6.45) is 2.46. The van der Waals surface area contributed by atoms with E-state index in [1.54, 1.807) is 0 Å². The maximum absolute atomic E-state index is 4.80. The third-order valence-electron chi connectivity index (χ3n) is 1.10. The molecule has 0 aromatic carbocycles. The summed E-state index contributed by atoms with van der Waals surface area (Å²) in [7, 11) is 0. The Morgan fingerprint density at radius 2 is 2.10 bits per heavy atom. The van der Waals surface area contributed by atoms with Crippen LogP contribution in [0.1, 0.15) is 27.2 Å². The lowest BCUT2D eigenvalue weighted by molar-refractivity contribution is 0.140. The molecule has 0 fully saturated rings. The Bertz CT molecular complexity index is 44.9. The van der Waals surface area contributed by atoms with Gasteiger partial charge in [-0.3, -0.25) is 0 Å². The SMILES string of the molecule is C.CCCCNCCON. The van der Waals surface area contributed by atoms with Gasteiger partial charge in [-0.05, 0) is 13.0 Å². The monoisotopic (exact) mass is 148 g/mol. The van der Waals surface area contributed by atoms with E-state index in [1.807, 2.05) is 0 Å². The molecule has 0 heterocycles. The molecular weight excluding hydrogens is 128 g/mol. The summed E-state index contributed by atoms with van der Waals surface area (Å²) in [6.45, 7) is 4.70. The molecule has 0 amide bonds. The number of hydrogen-bond acceptors (Lipinski definition) is 3. The maximum atomic E-state index is 4.80. The average Bonchev–Trinajstić information content (AvgIpc) is 1.89. The van der Waals surface area contributed by atoms with E-state index < -0.39 is 0 Å². The normalized spacial score (nSPS) is 9.00. The predicted molar refractivity (Wildman–Crippen MR) is 44.6 cm³/mol. The lowest BCUT2D eigenvalue weighted by Crippen LogP contribution is -2.21. The van der Waals surface area contributed by atoms with Crippen molar-refractivity contribution in [2.45, 2.75) is 27.2 Å². The van der Waals surface area contributed by atoms with Crippen LogP contribution in [0, 0.1) is 0 Å². The molecule has 0 aliphatic heterocycles. The van der Waals surface area contributed by atoms with Crippen LogP contribution in [0.5, 0.6) is 0 Å². The van der Waals surface area contributed by atoms with Crippen molar-refractivity contribution in [1.82, 2.24) is 5.32 Å². The molecular formula is C7H20N2O. The third-order valence-corrected chi connectivity index (χ3v) is 1.10. The lowest BCUT2D eigenvalue weighted by Gasteiger charge is -2.00. The van der Waals surface area contributed by atoms with Gasteiger partial charge in [0.2, 0.25) is 0 Å². The quantitative estimate of drug-likeness (QED) is 0.434. The minimum absolute atomic E-state index is 0. The molecule has 0 aromatic rings. The second-order valence-electron chi connectivity index (χ2n) is 1.97. The fourth-order valence-corrected chi connectivity index (χ4v) is 0.558. The third kappa shape index (κ3) is 10.8. The van der Waals surface area contributed by atoms with Crippen molar-refractivity contribution in [3.05, 3.63) is 0 Å². The molecule has 0 saturated heterocycles. The molecule has 0 saturated carbocycles. The fourth-order valence-electron chi connectivity index (χ4n) is 0.558. The van der Waals surface area contributed by atoms with Crippen LogP contribution in [0.4, 0.5) is 0 Å². The molecule has 3 heteroatoms. The maximum Gasteiger partial charge on any atom is 0.0803 e. The van der Waals surface area contributed by atoms with Crippen molar-refractivity contribution in [2.75, 3.05) is 19.7 Å². The van der Waals surface area contributed by atoms with E-state index in [0.29, 0.717) is 6.61 Å². The largest absolute Gasteiger partial charge is 0.314 e. The first kappa shape index (κ1) is 12.5. The van der Waals surface area contributed by atoms with Crippen LogP contribution in [-0.2, 0) is 4.84 Å². The average molecular weight is 148 g/mol. The summed E-state index contributed by atoms with van der Waals surface area (Å²) < 4.78 is 0. The van der Waals surface area contributed by atoms with Crippen molar-refractivity contribution in [3.8, 4) is 0 Å². The first-order chi connectivity index (χ1) is 4.41. The summed E-state index contributed by atoms with van der Waals surface area (Å²) in [4.78, 5) is 4.36. The first-order valence-corrected chi connectivity index (χ1v) is 3.44. The van der Waals surface area contributed by atoms with Gasteiger partial charge in [0.25, 0.3) is 0 Å². The van der Waals surface area contributed by atoms with E-state index in [0.717, 1.165) is 13.1 Å². The Balaban J connectivity index is 0.